The van der Waals surface area contributed by atoms with E-state index in [1.807, 2.05) is 6.92 Å². The molecule has 0 amide bonds. The Hall–Kier alpha value is -0.630. The number of aliphatic hydroxyl groups excluding tert-OH is 1. The Balaban J connectivity index is 4.84. The molecule has 0 radical (unpaired) electrons. The molecular weight excluding hydrogens is 272 g/mol. The van der Waals surface area contributed by atoms with Crippen LogP contribution in [0.1, 0.15) is 74.7 Å². The maximum Gasteiger partial charge on any atom is 0.136 e. The topological polar surface area (TPSA) is 37.3 Å². The minimum atomic E-state index is -0.280. The van der Waals surface area contributed by atoms with Crippen LogP contribution in [0, 0.1) is 29.6 Å². The third-order valence-electron chi connectivity index (χ3n) is 5.30. The van der Waals surface area contributed by atoms with Crippen LogP contribution < -0.4 is 0 Å². The number of ketones is 1. The molecule has 2 nitrogen and oxygen atoms in total. The molecule has 4 unspecified atom stereocenters. The van der Waals surface area contributed by atoms with E-state index in [4.69, 9.17) is 0 Å². The summed E-state index contributed by atoms with van der Waals surface area (Å²) in [6.45, 7) is 16.9. The number of aliphatic hydroxyl groups is 1. The van der Waals surface area contributed by atoms with Gasteiger partial charge in [-0.05, 0) is 37.0 Å². The van der Waals surface area contributed by atoms with E-state index in [1.54, 1.807) is 0 Å². The van der Waals surface area contributed by atoms with Gasteiger partial charge in [0.2, 0.25) is 0 Å². The van der Waals surface area contributed by atoms with Gasteiger partial charge < -0.3 is 5.11 Å². The zero-order chi connectivity index (χ0) is 17.4. The van der Waals surface area contributed by atoms with Gasteiger partial charge in [-0.25, -0.2) is 0 Å². The molecule has 22 heavy (non-hydrogen) atoms. The molecule has 1 N–H and O–H groups in total. The second kappa shape index (κ2) is 10.2. The summed E-state index contributed by atoms with van der Waals surface area (Å²) in [6, 6.07) is 0. The summed E-state index contributed by atoms with van der Waals surface area (Å²) in [6.07, 6.45) is 4.18. The molecule has 0 aromatic rings. The fourth-order valence-corrected chi connectivity index (χ4v) is 2.66. The van der Waals surface area contributed by atoms with E-state index >= 15 is 0 Å². The van der Waals surface area contributed by atoms with Gasteiger partial charge in [0.1, 0.15) is 5.78 Å². The van der Waals surface area contributed by atoms with Crippen molar-refractivity contribution in [1.29, 1.82) is 0 Å². The summed E-state index contributed by atoms with van der Waals surface area (Å²) in [7, 11) is 0. The normalized spacial score (nSPS) is 18.4. The summed E-state index contributed by atoms with van der Waals surface area (Å²) in [5.74, 6) is 1.95. The number of allylic oxidation sites excluding steroid dienone is 1. The van der Waals surface area contributed by atoms with Crippen molar-refractivity contribution >= 4 is 5.78 Å². The van der Waals surface area contributed by atoms with Crippen molar-refractivity contribution < 1.29 is 9.90 Å². The maximum absolute atomic E-state index is 12.4. The van der Waals surface area contributed by atoms with Gasteiger partial charge in [-0.2, -0.15) is 0 Å². The zero-order valence-corrected chi connectivity index (χ0v) is 16.0. The molecule has 0 saturated heterocycles. The van der Waals surface area contributed by atoms with E-state index in [1.165, 1.54) is 5.57 Å². The van der Waals surface area contributed by atoms with Gasteiger partial charge in [-0.15, -0.1) is 0 Å². The number of carbonyl (C=O) groups excluding carboxylic acids is 1. The van der Waals surface area contributed by atoms with Crippen molar-refractivity contribution in [3.8, 4) is 0 Å². The fourth-order valence-electron chi connectivity index (χ4n) is 2.66. The van der Waals surface area contributed by atoms with Crippen LogP contribution in [0.2, 0.25) is 0 Å². The summed E-state index contributed by atoms with van der Waals surface area (Å²) in [5.41, 5.74) is 1.25. The van der Waals surface area contributed by atoms with E-state index in [0.29, 0.717) is 36.4 Å². The molecular formula is C20H38O2. The molecule has 0 fully saturated rings. The second-order valence-electron chi connectivity index (χ2n) is 7.69. The highest BCUT2D eigenvalue weighted by Gasteiger charge is 2.24. The summed E-state index contributed by atoms with van der Waals surface area (Å²) in [4.78, 5) is 12.4. The Bertz CT molecular complexity index is 355. The van der Waals surface area contributed by atoms with Crippen molar-refractivity contribution in [1.82, 2.24) is 0 Å². The first-order valence-electron chi connectivity index (χ1n) is 8.99. The quantitative estimate of drug-likeness (QED) is 0.559. The number of hydrogen-bond acceptors (Lipinski definition) is 2. The third-order valence-corrected chi connectivity index (χ3v) is 5.30. The fraction of sp³-hybridized carbons (Fsp3) is 0.850. The van der Waals surface area contributed by atoms with Crippen molar-refractivity contribution in [2.45, 2.75) is 80.8 Å². The number of hydrogen-bond donors (Lipinski definition) is 1. The first-order valence-corrected chi connectivity index (χ1v) is 8.99. The van der Waals surface area contributed by atoms with E-state index in [2.05, 4.69) is 54.5 Å². The first-order chi connectivity index (χ1) is 10.1. The van der Waals surface area contributed by atoms with E-state index in [-0.39, 0.29) is 17.9 Å². The van der Waals surface area contributed by atoms with Crippen molar-refractivity contribution in [2.75, 3.05) is 0 Å². The molecule has 0 bridgehead atoms. The van der Waals surface area contributed by atoms with Crippen LogP contribution in [0.25, 0.3) is 0 Å². The van der Waals surface area contributed by atoms with Gasteiger partial charge in [-0.1, -0.05) is 66.5 Å². The van der Waals surface area contributed by atoms with E-state index < -0.39 is 0 Å². The molecule has 0 aromatic heterocycles. The van der Waals surface area contributed by atoms with Gasteiger partial charge in [0.25, 0.3) is 0 Å². The number of rotatable bonds is 10. The van der Waals surface area contributed by atoms with Crippen LogP contribution >= 0.6 is 0 Å². The second-order valence-corrected chi connectivity index (χ2v) is 7.69. The summed E-state index contributed by atoms with van der Waals surface area (Å²) < 4.78 is 0. The van der Waals surface area contributed by atoms with Gasteiger partial charge in [0, 0.05) is 12.3 Å². The predicted molar refractivity (Wildman–Crippen MR) is 95.8 cm³/mol. The molecule has 0 rings (SSSR count). The molecule has 0 aliphatic rings. The Morgan fingerprint density at radius 3 is 2.00 bits per heavy atom. The first kappa shape index (κ1) is 21.4. The van der Waals surface area contributed by atoms with Crippen molar-refractivity contribution in [3.05, 3.63) is 11.6 Å². The summed E-state index contributed by atoms with van der Waals surface area (Å²) >= 11 is 0. The highest BCUT2D eigenvalue weighted by atomic mass is 16.3. The lowest BCUT2D eigenvalue weighted by Crippen LogP contribution is -2.23. The number of Topliss-reactive ketones (excluding diaryl/α,β-unsaturated/α-hetero) is 1. The lowest BCUT2D eigenvalue weighted by atomic mass is 9.80. The highest BCUT2D eigenvalue weighted by Crippen LogP contribution is 2.28. The predicted octanol–water partition coefficient (Wildman–Crippen LogP) is 5.25. The molecule has 0 aliphatic carbocycles. The van der Waals surface area contributed by atoms with E-state index in [0.717, 1.165) is 6.42 Å². The average Bonchev–Trinajstić information content (AvgIpc) is 2.47. The van der Waals surface area contributed by atoms with Crippen LogP contribution in [-0.2, 0) is 4.79 Å². The Morgan fingerprint density at radius 2 is 1.59 bits per heavy atom. The van der Waals surface area contributed by atoms with Crippen molar-refractivity contribution in [3.63, 3.8) is 0 Å². The van der Waals surface area contributed by atoms with Crippen LogP contribution in [0.5, 0.6) is 0 Å². The van der Waals surface area contributed by atoms with Gasteiger partial charge >= 0.3 is 0 Å². The third kappa shape index (κ3) is 7.09. The SMILES string of the molecule is CCC(C)C(O)C/C=C(\C)C(CC(=O)C(C)C(C)C)C(C)C. The monoisotopic (exact) mass is 310 g/mol. The molecule has 130 valence electrons. The lowest BCUT2D eigenvalue weighted by molar-refractivity contribution is -0.124. The molecule has 0 heterocycles. The van der Waals surface area contributed by atoms with Crippen molar-refractivity contribution in [2.24, 2.45) is 29.6 Å². The van der Waals surface area contributed by atoms with Crippen LogP contribution in [-0.4, -0.2) is 17.0 Å². The molecule has 2 heteroatoms. The molecule has 0 spiro atoms. The minimum absolute atomic E-state index is 0.125. The zero-order valence-electron chi connectivity index (χ0n) is 16.0. The smallest absolute Gasteiger partial charge is 0.136 e. The van der Waals surface area contributed by atoms with Crippen LogP contribution in [0.4, 0.5) is 0 Å². The van der Waals surface area contributed by atoms with Gasteiger partial charge in [-0.3, -0.25) is 4.79 Å². The van der Waals surface area contributed by atoms with Crippen LogP contribution in [0.3, 0.4) is 0 Å². The van der Waals surface area contributed by atoms with Gasteiger partial charge in [0.15, 0.2) is 0 Å². The summed E-state index contributed by atoms with van der Waals surface area (Å²) in [5, 5.41) is 10.1. The largest absolute Gasteiger partial charge is 0.393 e. The Morgan fingerprint density at radius 1 is 1.05 bits per heavy atom. The molecule has 4 atom stereocenters. The minimum Gasteiger partial charge on any atom is -0.393 e. The van der Waals surface area contributed by atoms with Gasteiger partial charge in [0.05, 0.1) is 6.10 Å². The lowest BCUT2D eigenvalue weighted by Gasteiger charge is -2.25. The van der Waals surface area contributed by atoms with Crippen LogP contribution in [0.15, 0.2) is 11.6 Å². The number of carbonyl (C=O) groups is 1. The van der Waals surface area contributed by atoms with E-state index in [9.17, 15) is 9.90 Å². The highest BCUT2D eigenvalue weighted by molar-refractivity contribution is 5.81. The standard InChI is InChI=1S/C20H38O2/c1-9-15(6)19(21)11-10-16(7)18(14(4)5)12-20(22)17(8)13(2)3/h10,13-15,17-19,21H,9,11-12H2,1-8H3/b16-10+. The average molecular weight is 311 g/mol. The molecule has 0 saturated carbocycles. The molecule has 0 aliphatic heterocycles. The maximum atomic E-state index is 12.4. The Kier molecular flexibility index (Phi) is 9.91. The molecule has 0 aromatic carbocycles. The Labute approximate surface area is 138 Å².